The summed E-state index contributed by atoms with van der Waals surface area (Å²) in [5.41, 5.74) is 8.01. The second-order valence-corrected chi connectivity index (χ2v) is 10.2. The van der Waals surface area contributed by atoms with Gasteiger partial charge in [-0.2, -0.15) is 0 Å². The molecule has 2 saturated heterocycles. The van der Waals surface area contributed by atoms with Crippen molar-refractivity contribution in [1.29, 1.82) is 0 Å². The van der Waals surface area contributed by atoms with Gasteiger partial charge in [-0.15, -0.1) is 0 Å². The average molecular weight is 356 g/mol. The Hall–Kier alpha value is -1.81. The van der Waals surface area contributed by atoms with Gasteiger partial charge in [-0.1, -0.05) is 19.3 Å². The van der Waals surface area contributed by atoms with Gasteiger partial charge in [0.1, 0.15) is 5.75 Å². The molecule has 132 valence electrons. The Morgan fingerprint density at radius 1 is 1.24 bits per heavy atom. The molecule has 5 nitrogen and oxygen atoms in total. The van der Waals surface area contributed by atoms with Crippen LogP contribution >= 0.6 is 7.19 Å². The minimum Gasteiger partial charge on any atom is -0.454 e. The predicted octanol–water partition coefficient (Wildman–Crippen LogP) is 3.47. The highest BCUT2D eigenvalue weighted by atomic mass is 31.2. The number of nitrogens with two attached hydrogens (primary N) is 1. The molecular weight excluding hydrogens is 331 g/mol. The van der Waals surface area contributed by atoms with Crippen molar-refractivity contribution in [2.24, 2.45) is 0 Å². The molecule has 0 amide bonds. The number of ether oxygens (including phenoxy) is 1. The fourth-order valence-corrected chi connectivity index (χ4v) is 6.84. The van der Waals surface area contributed by atoms with Crippen molar-refractivity contribution in [1.82, 2.24) is 14.3 Å². The van der Waals surface area contributed by atoms with E-state index in [9.17, 15) is 0 Å². The Kier molecular flexibility index (Phi) is 4.32. The van der Waals surface area contributed by atoms with Crippen molar-refractivity contribution in [3.05, 3.63) is 48.3 Å². The molecule has 0 bridgehead atoms. The summed E-state index contributed by atoms with van der Waals surface area (Å²) in [6.07, 6.45) is 9.21. The fourth-order valence-electron chi connectivity index (χ4n) is 3.27. The Morgan fingerprint density at radius 2 is 1.96 bits per heavy atom. The summed E-state index contributed by atoms with van der Waals surface area (Å²) in [5, 5.41) is 0. The number of hydrogen-bond donors (Lipinski definition) is 1. The number of nitrogens with zero attached hydrogens (tertiary/aromatic N) is 3. The molecule has 1 aromatic carbocycles. The van der Waals surface area contributed by atoms with Crippen LogP contribution in [0.1, 0.15) is 18.4 Å². The number of hydrogen-bond acceptors (Lipinski definition) is 5. The van der Waals surface area contributed by atoms with E-state index in [0.29, 0.717) is 23.1 Å². The SMILES string of the molecule is C=P(CC(C)c1ccc(N)c(Oc2cccnc2)c1)(N1CC1)N1CC1. The van der Waals surface area contributed by atoms with Crippen LogP contribution in [0.3, 0.4) is 0 Å². The molecule has 25 heavy (non-hydrogen) atoms. The predicted molar refractivity (Wildman–Crippen MR) is 106 cm³/mol. The number of nitrogen functional groups attached to an aromatic ring is 1. The Labute approximate surface area is 149 Å². The highest BCUT2D eigenvalue weighted by Gasteiger charge is 2.42. The minimum absolute atomic E-state index is 0.420. The first kappa shape index (κ1) is 16.6. The Morgan fingerprint density at radius 3 is 2.56 bits per heavy atom. The molecule has 2 fully saturated rings. The van der Waals surface area contributed by atoms with Crippen LogP contribution in [0.25, 0.3) is 0 Å². The van der Waals surface area contributed by atoms with E-state index in [1.165, 1.54) is 31.7 Å². The van der Waals surface area contributed by atoms with Crippen LogP contribution in [-0.2, 0) is 0 Å². The summed E-state index contributed by atoms with van der Waals surface area (Å²) in [7, 11) is -1.37. The van der Waals surface area contributed by atoms with Gasteiger partial charge in [0.15, 0.2) is 5.75 Å². The zero-order chi connectivity index (χ0) is 17.4. The highest BCUT2D eigenvalue weighted by Crippen LogP contribution is 2.61. The van der Waals surface area contributed by atoms with Crippen LogP contribution in [0.2, 0.25) is 0 Å². The fraction of sp³-hybridized carbons (Fsp3) is 0.368. The van der Waals surface area contributed by atoms with Gasteiger partial charge >= 0.3 is 0 Å². The highest BCUT2D eigenvalue weighted by molar-refractivity contribution is 7.69. The molecule has 2 N–H and O–H groups in total. The normalized spacial score (nSPS) is 18.8. The summed E-state index contributed by atoms with van der Waals surface area (Å²) in [6, 6.07) is 9.87. The molecular formula is C19H25N4OP. The van der Waals surface area contributed by atoms with Gasteiger partial charge in [0.25, 0.3) is 0 Å². The molecule has 0 radical (unpaired) electrons. The second-order valence-electron chi connectivity index (χ2n) is 6.96. The number of aromatic nitrogens is 1. The van der Waals surface area contributed by atoms with Crippen molar-refractivity contribution in [3.8, 4) is 11.5 Å². The molecule has 0 saturated carbocycles. The lowest BCUT2D eigenvalue weighted by Crippen LogP contribution is -2.13. The van der Waals surface area contributed by atoms with Crippen molar-refractivity contribution in [2.45, 2.75) is 12.8 Å². The van der Waals surface area contributed by atoms with E-state index in [1.54, 1.807) is 12.4 Å². The summed E-state index contributed by atoms with van der Waals surface area (Å²) in [6.45, 7) is 7.11. The topological polar surface area (TPSA) is 54.2 Å². The maximum Gasteiger partial charge on any atom is 0.150 e. The van der Waals surface area contributed by atoms with Gasteiger partial charge < -0.3 is 10.5 Å². The summed E-state index contributed by atoms with van der Waals surface area (Å²) in [5.74, 6) is 1.82. The van der Waals surface area contributed by atoms with Crippen molar-refractivity contribution in [2.75, 3.05) is 38.1 Å². The zero-order valence-corrected chi connectivity index (χ0v) is 15.5. The molecule has 1 atom stereocenters. The van der Waals surface area contributed by atoms with Gasteiger partial charge in [0.2, 0.25) is 0 Å². The van der Waals surface area contributed by atoms with Gasteiger partial charge in [0, 0.05) is 39.6 Å². The zero-order valence-electron chi connectivity index (χ0n) is 14.6. The van der Waals surface area contributed by atoms with E-state index < -0.39 is 7.19 Å². The van der Waals surface area contributed by atoms with Crippen LogP contribution in [0.5, 0.6) is 11.5 Å². The number of rotatable bonds is 7. The third-order valence-electron chi connectivity index (χ3n) is 4.94. The van der Waals surface area contributed by atoms with E-state index in [1.807, 2.05) is 18.2 Å². The molecule has 0 aliphatic carbocycles. The van der Waals surface area contributed by atoms with Crippen LogP contribution in [-0.4, -0.2) is 53.0 Å². The summed E-state index contributed by atoms with van der Waals surface area (Å²) < 4.78 is 11.1. The number of pyridine rings is 1. The van der Waals surface area contributed by atoms with E-state index in [-0.39, 0.29) is 0 Å². The van der Waals surface area contributed by atoms with Gasteiger partial charge in [-0.3, -0.25) is 14.3 Å². The van der Waals surface area contributed by atoms with Crippen LogP contribution < -0.4 is 10.5 Å². The Balaban J connectivity index is 1.53. The van der Waals surface area contributed by atoms with E-state index in [0.717, 1.165) is 6.16 Å². The van der Waals surface area contributed by atoms with Crippen LogP contribution in [0, 0.1) is 0 Å². The molecule has 6 heteroatoms. The standard InChI is InChI=1S/C19H25N4OP/c1-15(14-25(2,22-8-9-22)23-10-11-23)16-5-6-18(20)19(12-16)24-17-4-3-7-21-13-17/h3-7,12-13,15H,2,8-11,14,20H2,1H3. The minimum atomic E-state index is -1.37. The summed E-state index contributed by atoms with van der Waals surface area (Å²) in [4.78, 5) is 4.09. The van der Waals surface area contributed by atoms with Gasteiger partial charge in [-0.05, 0) is 41.9 Å². The number of benzene rings is 1. The van der Waals surface area contributed by atoms with Gasteiger partial charge in [-0.25, -0.2) is 0 Å². The molecule has 1 aromatic heterocycles. The number of anilines is 1. The quantitative estimate of drug-likeness (QED) is 0.468. The van der Waals surface area contributed by atoms with Crippen LogP contribution in [0.4, 0.5) is 5.69 Å². The van der Waals surface area contributed by atoms with E-state index >= 15 is 0 Å². The first-order valence-corrected chi connectivity index (χ1v) is 10.8. The van der Waals surface area contributed by atoms with E-state index in [4.69, 9.17) is 10.5 Å². The van der Waals surface area contributed by atoms with E-state index in [2.05, 4.69) is 39.7 Å². The lowest BCUT2D eigenvalue weighted by atomic mass is 10.0. The monoisotopic (exact) mass is 356 g/mol. The second kappa shape index (κ2) is 6.49. The Bertz CT molecular complexity index is 786. The molecule has 2 aliphatic rings. The summed E-state index contributed by atoms with van der Waals surface area (Å²) >= 11 is 0. The molecule has 2 aromatic rings. The first-order chi connectivity index (χ1) is 12.1. The third-order valence-corrected chi connectivity index (χ3v) is 8.97. The maximum absolute atomic E-state index is 6.11. The lowest BCUT2D eigenvalue weighted by molar-refractivity contribution is 0.481. The largest absolute Gasteiger partial charge is 0.454 e. The van der Waals surface area contributed by atoms with Crippen molar-refractivity contribution in [3.63, 3.8) is 0 Å². The molecule has 1 unspecified atom stereocenters. The molecule has 4 rings (SSSR count). The van der Waals surface area contributed by atoms with Crippen molar-refractivity contribution < 1.29 is 4.74 Å². The molecule has 3 heterocycles. The molecule has 2 aliphatic heterocycles. The first-order valence-electron chi connectivity index (χ1n) is 8.77. The van der Waals surface area contributed by atoms with Crippen molar-refractivity contribution >= 4 is 19.2 Å². The average Bonchev–Trinajstić information content (AvgIpc) is 3.50. The maximum atomic E-state index is 6.11. The third kappa shape index (κ3) is 3.59. The lowest BCUT2D eigenvalue weighted by Gasteiger charge is -2.30. The smallest absolute Gasteiger partial charge is 0.150 e. The van der Waals surface area contributed by atoms with Crippen LogP contribution in [0.15, 0.2) is 42.7 Å². The molecule has 0 spiro atoms. The van der Waals surface area contributed by atoms with Gasteiger partial charge in [0.05, 0.1) is 11.9 Å².